The van der Waals surface area contributed by atoms with Crippen LogP contribution in [-0.4, -0.2) is 7.11 Å². The number of ether oxygens (including phenoxy) is 1. The van der Waals surface area contributed by atoms with Crippen LogP contribution in [0.4, 0.5) is 0 Å². The molecule has 0 bridgehead atoms. The first-order valence-corrected chi connectivity index (χ1v) is 3.12. The fraction of sp³-hybridized carbons (Fsp3) is 0.429. The Morgan fingerprint density at radius 2 is 2.50 bits per heavy atom. The van der Waals surface area contributed by atoms with Crippen molar-refractivity contribution >= 4 is 0 Å². The molecule has 2 N–H and O–H groups in total. The molecule has 1 heterocycles. The summed E-state index contributed by atoms with van der Waals surface area (Å²) in [5.41, 5.74) is 6.41. The summed E-state index contributed by atoms with van der Waals surface area (Å²) in [6.07, 6.45) is 1.62. The molecule has 3 heteroatoms. The molecular formula is C7H11NO2. The molecule has 56 valence electrons. The molecule has 0 fully saturated rings. The number of hydrogen-bond donors (Lipinski definition) is 1. The zero-order valence-corrected chi connectivity index (χ0v) is 5.96. The highest BCUT2D eigenvalue weighted by molar-refractivity contribution is 5.15. The van der Waals surface area contributed by atoms with Gasteiger partial charge in [0.1, 0.15) is 5.76 Å². The van der Waals surface area contributed by atoms with Crippen molar-refractivity contribution in [1.29, 1.82) is 0 Å². The Morgan fingerprint density at radius 1 is 1.70 bits per heavy atom. The minimum atomic E-state index is 0.436. The van der Waals surface area contributed by atoms with Crippen LogP contribution in [-0.2, 0) is 17.9 Å². The van der Waals surface area contributed by atoms with Crippen LogP contribution in [0, 0.1) is 0 Å². The van der Waals surface area contributed by atoms with Crippen LogP contribution in [0.2, 0.25) is 0 Å². The molecule has 0 aliphatic rings. The molecular weight excluding hydrogens is 130 g/mol. The number of rotatable bonds is 3. The number of hydrogen-bond acceptors (Lipinski definition) is 3. The molecule has 0 radical (unpaired) electrons. The van der Waals surface area contributed by atoms with Gasteiger partial charge in [0.05, 0.1) is 19.4 Å². The molecule has 0 aliphatic carbocycles. The van der Waals surface area contributed by atoms with E-state index in [0.717, 1.165) is 11.3 Å². The van der Waals surface area contributed by atoms with Crippen molar-refractivity contribution in [3.05, 3.63) is 23.7 Å². The molecule has 0 aliphatic heterocycles. The zero-order chi connectivity index (χ0) is 7.40. The molecule has 10 heavy (non-hydrogen) atoms. The van der Waals surface area contributed by atoms with E-state index in [2.05, 4.69) is 0 Å². The summed E-state index contributed by atoms with van der Waals surface area (Å²) in [5.74, 6) is 0.807. The van der Waals surface area contributed by atoms with Crippen LogP contribution in [0.15, 0.2) is 16.7 Å². The standard InChI is InChI=1S/C7H11NO2/c1-9-5-6-2-3-10-7(6)4-8/h2-3H,4-5,8H2,1H3. The van der Waals surface area contributed by atoms with Crippen LogP contribution in [0.25, 0.3) is 0 Å². The molecule has 0 spiro atoms. The number of nitrogens with two attached hydrogens (primary N) is 1. The van der Waals surface area contributed by atoms with Gasteiger partial charge in [0.25, 0.3) is 0 Å². The maximum absolute atomic E-state index is 5.38. The Balaban J connectivity index is 2.70. The highest BCUT2D eigenvalue weighted by Gasteiger charge is 2.01. The Hall–Kier alpha value is -0.800. The van der Waals surface area contributed by atoms with Crippen LogP contribution in [0.3, 0.4) is 0 Å². The van der Waals surface area contributed by atoms with Crippen molar-refractivity contribution in [3.8, 4) is 0 Å². The van der Waals surface area contributed by atoms with Crippen molar-refractivity contribution in [3.63, 3.8) is 0 Å². The van der Waals surface area contributed by atoms with Crippen LogP contribution >= 0.6 is 0 Å². The molecule has 1 rings (SSSR count). The molecule has 0 amide bonds. The third-order valence-electron chi connectivity index (χ3n) is 1.32. The molecule has 0 unspecified atom stereocenters. The second kappa shape index (κ2) is 3.39. The minimum absolute atomic E-state index is 0.436. The average molecular weight is 141 g/mol. The van der Waals surface area contributed by atoms with Crippen LogP contribution in [0.5, 0.6) is 0 Å². The van der Waals surface area contributed by atoms with E-state index in [-0.39, 0.29) is 0 Å². The summed E-state index contributed by atoms with van der Waals surface area (Å²) in [4.78, 5) is 0. The summed E-state index contributed by atoms with van der Waals surface area (Å²) < 4.78 is 9.97. The van der Waals surface area contributed by atoms with Gasteiger partial charge in [0.2, 0.25) is 0 Å². The van der Waals surface area contributed by atoms with Gasteiger partial charge >= 0.3 is 0 Å². The summed E-state index contributed by atoms with van der Waals surface area (Å²) >= 11 is 0. The monoisotopic (exact) mass is 141 g/mol. The van der Waals surface area contributed by atoms with Gasteiger partial charge in [-0.1, -0.05) is 0 Å². The molecule has 0 atom stereocenters. The second-order valence-electron chi connectivity index (χ2n) is 2.01. The first kappa shape index (κ1) is 7.31. The maximum atomic E-state index is 5.38. The zero-order valence-electron chi connectivity index (χ0n) is 5.96. The Bertz CT molecular complexity index is 195. The van der Waals surface area contributed by atoms with E-state index < -0.39 is 0 Å². The predicted octanol–water partition coefficient (Wildman–Crippen LogP) is 0.885. The Morgan fingerprint density at radius 3 is 3.10 bits per heavy atom. The SMILES string of the molecule is COCc1ccoc1CN. The summed E-state index contributed by atoms with van der Waals surface area (Å²) in [6.45, 7) is 1.01. The van der Waals surface area contributed by atoms with Crippen molar-refractivity contribution in [2.24, 2.45) is 5.73 Å². The fourth-order valence-corrected chi connectivity index (χ4v) is 0.830. The van der Waals surface area contributed by atoms with Crippen LogP contribution < -0.4 is 5.73 Å². The third-order valence-corrected chi connectivity index (χ3v) is 1.32. The lowest BCUT2D eigenvalue weighted by Gasteiger charge is -1.96. The van der Waals surface area contributed by atoms with E-state index in [1.165, 1.54) is 0 Å². The van der Waals surface area contributed by atoms with Crippen molar-refractivity contribution < 1.29 is 9.15 Å². The molecule has 0 saturated carbocycles. The van der Waals surface area contributed by atoms with E-state index in [4.69, 9.17) is 14.9 Å². The largest absolute Gasteiger partial charge is 0.468 e. The average Bonchev–Trinajstić information content (AvgIpc) is 2.36. The normalized spacial score (nSPS) is 10.2. The van der Waals surface area contributed by atoms with Gasteiger partial charge in [-0.2, -0.15) is 0 Å². The predicted molar refractivity (Wildman–Crippen MR) is 37.3 cm³/mol. The molecule has 1 aromatic heterocycles. The summed E-state index contributed by atoms with van der Waals surface area (Å²) in [5, 5.41) is 0. The lowest BCUT2D eigenvalue weighted by Crippen LogP contribution is -1.98. The highest BCUT2D eigenvalue weighted by atomic mass is 16.5. The van der Waals surface area contributed by atoms with Gasteiger partial charge in [0.15, 0.2) is 0 Å². The highest BCUT2D eigenvalue weighted by Crippen LogP contribution is 2.09. The van der Waals surface area contributed by atoms with Crippen LogP contribution in [0.1, 0.15) is 11.3 Å². The van der Waals surface area contributed by atoms with E-state index in [0.29, 0.717) is 13.2 Å². The summed E-state index contributed by atoms with van der Waals surface area (Å²) in [7, 11) is 1.65. The quantitative estimate of drug-likeness (QED) is 0.679. The molecule has 0 aromatic carbocycles. The fourth-order valence-electron chi connectivity index (χ4n) is 0.830. The van der Waals surface area contributed by atoms with Gasteiger partial charge in [-0.15, -0.1) is 0 Å². The summed E-state index contributed by atoms with van der Waals surface area (Å²) in [6, 6.07) is 1.87. The van der Waals surface area contributed by atoms with Gasteiger partial charge in [-0.25, -0.2) is 0 Å². The van der Waals surface area contributed by atoms with E-state index in [9.17, 15) is 0 Å². The second-order valence-corrected chi connectivity index (χ2v) is 2.01. The van der Waals surface area contributed by atoms with E-state index >= 15 is 0 Å². The first-order chi connectivity index (χ1) is 4.88. The topological polar surface area (TPSA) is 48.4 Å². The molecule has 3 nitrogen and oxygen atoms in total. The molecule has 0 saturated heterocycles. The Kier molecular flexibility index (Phi) is 2.48. The van der Waals surface area contributed by atoms with Crippen molar-refractivity contribution in [1.82, 2.24) is 0 Å². The van der Waals surface area contributed by atoms with Crippen molar-refractivity contribution in [2.45, 2.75) is 13.2 Å². The smallest absolute Gasteiger partial charge is 0.122 e. The lowest BCUT2D eigenvalue weighted by atomic mass is 10.3. The van der Waals surface area contributed by atoms with Gasteiger partial charge < -0.3 is 14.9 Å². The lowest BCUT2D eigenvalue weighted by molar-refractivity contribution is 0.183. The first-order valence-electron chi connectivity index (χ1n) is 3.12. The van der Waals surface area contributed by atoms with Crippen molar-refractivity contribution in [2.75, 3.05) is 7.11 Å². The molecule has 1 aromatic rings. The minimum Gasteiger partial charge on any atom is -0.468 e. The van der Waals surface area contributed by atoms with Gasteiger partial charge in [-0.05, 0) is 6.07 Å². The number of furan rings is 1. The van der Waals surface area contributed by atoms with E-state index in [1.54, 1.807) is 13.4 Å². The maximum Gasteiger partial charge on any atom is 0.122 e. The number of methoxy groups -OCH3 is 1. The third kappa shape index (κ3) is 1.37. The van der Waals surface area contributed by atoms with Gasteiger partial charge in [0, 0.05) is 12.7 Å². The van der Waals surface area contributed by atoms with Gasteiger partial charge in [-0.3, -0.25) is 0 Å². The Labute approximate surface area is 59.8 Å². The van der Waals surface area contributed by atoms with E-state index in [1.807, 2.05) is 6.07 Å².